The van der Waals surface area contributed by atoms with Gasteiger partial charge in [-0.3, -0.25) is 0 Å². The largest absolute Gasteiger partial charge is 0.367 e. The summed E-state index contributed by atoms with van der Waals surface area (Å²) < 4.78 is 27.9. The van der Waals surface area contributed by atoms with Crippen molar-refractivity contribution in [2.45, 2.75) is 32.7 Å². The van der Waals surface area contributed by atoms with Crippen molar-refractivity contribution in [3.63, 3.8) is 0 Å². The number of halogens is 2. The van der Waals surface area contributed by atoms with E-state index in [1.807, 2.05) is 4.90 Å². The van der Waals surface area contributed by atoms with E-state index in [-0.39, 0.29) is 12.2 Å². The summed E-state index contributed by atoms with van der Waals surface area (Å²) in [5, 5.41) is 0. The van der Waals surface area contributed by atoms with Crippen molar-refractivity contribution >= 4 is 5.69 Å². The molecule has 1 aromatic rings. The zero-order valence-electron chi connectivity index (χ0n) is 10.8. The second kappa shape index (κ2) is 5.65. The van der Waals surface area contributed by atoms with Gasteiger partial charge in [0.2, 0.25) is 0 Å². The molecule has 1 saturated heterocycles. The SMILES string of the molecule is CCCC1CCN(c2c(F)cc(CN)cc2F)C1. The minimum absolute atomic E-state index is 0.116. The first kappa shape index (κ1) is 13.3. The van der Waals surface area contributed by atoms with Gasteiger partial charge < -0.3 is 10.6 Å². The molecule has 0 saturated carbocycles. The molecule has 4 heteroatoms. The van der Waals surface area contributed by atoms with Gasteiger partial charge in [0.15, 0.2) is 0 Å². The maximum atomic E-state index is 13.9. The Hall–Kier alpha value is -1.16. The van der Waals surface area contributed by atoms with Crippen LogP contribution in [0.3, 0.4) is 0 Å². The van der Waals surface area contributed by atoms with Gasteiger partial charge in [0, 0.05) is 19.6 Å². The fourth-order valence-electron chi connectivity index (χ4n) is 2.72. The van der Waals surface area contributed by atoms with Gasteiger partial charge in [0.25, 0.3) is 0 Å². The van der Waals surface area contributed by atoms with Crippen LogP contribution in [-0.2, 0) is 6.54 Å². The molecule has 100 valence electrons. The van der Waals surface area contributed by atoms with Crippen molar-refractivity contribution in [3.8, 4) is 0 Å². The fourth-order valence-corrected chi connectivity index (χ4v) is 2.72. The Kier molecular flexibility index (Phi) is 4.17. The standard InChI is InChI=1S/C14H20F2N2/c1-2-3-10-4-5-18(9-10)14-12(15)6-11(8-17)7-13(14)16/h6-7,10H,2-5,8-9,17H2,1H3. The van der Waals surface area contributed by atoms with E-state index in [4.69, 9.17) is 5.73 Å². The lowest BCUT2D eigenvalue weighted by Gasteiger charge is -2.20. The molecule has 1 aromatic carbocycles. The lowest BCUT2D eigenvalue weighted by Crippen LogP contribution is -2.22. The predicted octanol–water partition coefficient (Wildman–Crippen LogP) is 3.05. The van der Waals surface area contributed by atoms with Crippen LogP contribution in [0, 0.1) is 17.6 Å². The van der Waals surface area contributed by atoms with Crippen molar-refractivity contribution in [2.24, 2.45) is 11.7 Å². The molecule has 1 aliphatic heterocycles. The number of benzene rings is 1. The first-order valence-corrected chi connectivity index (χ1v) is 6.58. The van der Waals surface area contributed by atoms with E-state index in [0.717, 1.165) is 32.4 Å². The molecular formula is C14H20F2N2. The molecular weight excluding hydrogens is 234 g/mol. The van der Waals surface area contributed by atoms with Crippen molar-refractivity contribution in [2.75, 3.05) is 18.0 Å². The summed E-state index contributed by atoms with van der Waals surface area (Å²) in [7, 11) is 0. The molecule has 0 spiro atoms. The molecule has 0 radical (unpaired) electrons. The molecule has 2 rings (SSSR count). The number of hydrogen-bond acceptors (Lipinski definition) is 2. The van der Waals surface area contributed by atoms with Crippen molar-refractivity contribution < 1.29 is 8.78 Å². The van der Waals surface area contributed by atoms with E-state index in [1.165, 1.54) is 12.1 Å². The highest BCUT2D eigenvalue weighted by molar-refractivity contribution is 5.51. The fraction of sp³-hybridized carbons (Fsp3) is 0.571. The summed E-state index contributed by atoms with van der Waals surface area (Å²) in [6.45, 7) is 3.79. The second-order valence-corrected chi connectivity index (χ2v) is 5.00. The second-order valence-electron chi connectivity index (χ2n) is 5.00. The molecule has 1 fully saturated rings. The third-order valence-corrected chi connectivity index (χ3v) is 3.61. The number of nitrogens with zero attached hydrogens (tertiary/aromatic N) is 1. The van der Waals surface area contributed by atoms with Crippen LogP contribution >= 0.6 is 0 Å². The summed E-state index contributed by atoms with van der Waals surface area (Å²) in [6, 6.07) is 2.68. The molecule has 0 aromatic heterocycles. The van der Waals surface area contributed by atoms with Crippen LogP contribution in [0.1, 0.15) is 31.7 Å². The zero-order valence-corrected chi connectivity index (χ0v) is 10.8. The van der Waals surface area contributed by atoms with E-state index in [1.54, 1.807) is 0 Å². The van der Waals surface area contributed by atoms with Gasteiger partial charge in [-0.1, -0.05) is 13.3 Å². The minimum Gasteiger partial charge on any atom is -0.367 e. The van der Waals surface area contributed by atoms with Crippen molar-refractivity contribution in [1.29, 1.82) is 0 Å². The first-order valence-electron chi connectivity index (χ1n) is 6.58. The van der Waals surface area contributed by atoms with Gasteiger partial charge in [0.05, 0.1) is 0 Å². The maximum absolute atomic E-state index is 13.9. The monoisotopic (exact) mass is 254 g/mol. The Morgan fingerprint density at radius 1 is 1.33 bits per heavy atom. The molecule has 1 aliphatic rings. The summed E-state index contributed by atoms with van der Waals surface area (Å²) in [5.41, 5.74) is 6.02. The summed E-state index contributed by atoms with van der Waals surface area (Å²) in [6.07, 6.45) is 3.27. The van der Waals surface area contributed by atoms with Crippen molar-refractivity contribution in [3.05, 3.63) is 29.3 Å². The van der Waals surface area contributed by atoms with Gasteiger partial charge >= 0.3 is 0 Å². The van der Waals surface area contributed by atoms with Crippen LogP contribution < -0.4 is 10.6 Å². The highest BCUT2D eigenvalue weighted by Crippen LogP contribution is 2.31. The molecule has 18 heavy (non-hydrogen) atoms. The molecule has 1 heterocycles. The number of hydrogen-bond donors (Lipinski definition) is 1. The highest BCUT2D eigenvalue weighted by atomic mass is 19.1. The van der Waals surface area contributed by atoms with Crippen LogP contribution in [-0.4, -0.2) is 13.1 Å². The predicted molar refractivity (Wildman–Crippen MR) is 69.5 cm³/mol. The van der Waals surface area contributed by atoms with Crippen LogP contribution in [0.5, 0.6) is 0 Å². The lowest BCUT2D eigenvalue weighted by molar-refractivity contribution is 0.526. The highest BCUT2D eigenvalue weighted by Gasteiger charge is 2.26. The van der Waals surface area contributed by atoms with Crippen LogP contribution in [0.2, 0.25) is 0 Å². The third-order valence-electron chi connectivity index (χ3n) is 3.61. The van der Waals surface area contributed by atoms with E-state index in [9.17, 15) is 8.78 Å². The van der Waals surface area contributed by atoms with Crippen LogP contribution in [0.15, 0.2) is 12.1 Å². The van der Waals surface area contributed by atoms with Gasteiger partial charge in [-0.05, 0) is 36.5 Å². The normalized spacial score (nSPS) is 19.6. The molecule has 2 nitrogen and oxygen atoms in total. The Morgan fingerprint density at radius 2 is 2.00 bits per heavy atom. The van der Waals surface area contributed by atoms with E-state index < -0.39 is 11.6 Å². The smallest absolute Gasteiger partial charge is 0.149 e. The van der Waals surface area contributed by atoms with Gasteiger partial charge in [0.1, 0.15) is 17.3 Å². The molecule has 2 N–H and O–H groups in total. The summed E-state index contributed by atoms with van der Waals surface area (Å²) in [4.78, 5) is 1.82. The Morgan fingerprint density at radius 3 is 2.56 bits per heavy atom. The number of rotatable bonds is 4. The Labute approximate surface area is 107 Å². The van der Waals surface area contributed by atoms with Gasteiger partial charge in [-0.25, -0.2) is 8.78 Å². The molecule has 0 aliphatic carbocycles. The summed E-state index contributed by atoms with van der Waals surface area (Å²) >= 11 is 0. The molecule has 1 atom stereocenters. The van der Waals surface area contributed by atoms with Crippen molar-refractivity contribution in [1.82, 2.24) is 0 Å². The van der Waals surface area contributed by atoms with E-state index in [2.05, 4.69) is 6.92 Å². The minimum atomic E-state index is -0.493. The van der Waals surface area contributed by atoms with E-state index in [0.29, 0.717) is 11.5 Å². The van der Waals surface area contributed by atoms with Crippen LogP contribution in [0.25, 0.3) is 0 Å². The third kappa shape index (κ3) is 2.64. The van der Waals surface area contributed by atoms with E-state index >= 15 is 0 Å². The number of nitrogens with two attached hydrogens (primary N) is 1. The number of anilines is 1. The van der Waals surface area contributed by atoms with Gasteiger partial charge in [-0.15, -0.1) is 0 Å². The van der Waals surface area contributed by atoms with Crippen LogP contribution in [0.4, 0.5) is 14.5 Å². The Balaban J connectivity index is 2.19. The topological polar surface area (TPSA) is 29.3 Å². The summed E-state index contributed by atoms with van der Waals surface area (Å²) in [5.74, 6) is -0.428. The average Bonchev–Trinajstić information content (AvgIpc) is 2.77. The average molecular weight is 254 g/mol. The quantitative estimate of drug-likeness (QED) is 0.894. The molecule has 0 amide bonds. The lowest BCUT2D eigenvalue weighted by atomic mass is 10.0. The zero-order chi connectivity index (χ0) is 13.1. The van der Waals surface area contributed by atoms with Gasteiger partial charge in [-0.2, -0.15) is 0 Å². The first-order chi connectivity index (χ1) is 8.65. The maximum Gasteiger partial charge on any atom is 0.149 e. The molecule has 1 unspecified atom stereocenters. The molecule has 0 bridgehead atoms. The Bertz CT molecular complexity index is 397.